The second kappa shape index (κ2) is 6.93. The molecule has 0 aliphatic heterocycles. The van der Waals surface area contributed by atoms with Gasteiger partial charge in [0.2, 0.25) is 0 Å². The molecule has 1 aromatic rings. The Hall–Kier alpha value is -0.830. The van der Waals surface area contributed by atoms with Crippen LogP contribution in [0, 0.1) is 13.8 Å². The maximum atomic E-state index is 4.68. The number of nitrogens with zero attached hydrogens (tertiary/aromatic N) is 2. The minimum Gasteiger partial charge on any atom is -0.314 e. The smallest absolute Gasteiger partial charge is 0.0631 e. The van der Waals surface area contributed by atoms with Crippen molar-refractivity contribution in [3.63, 3.8) is 0 Å². The van der Waals surface area contributed by atoms with Crippen LogP contribution in [0.25, 0.3) is 0 Å². The van der Waals surface area contributed by atoms with Crippen LogP contribution in [-0.2, 0) is 6.54 Å². The molecule has 0 fully saturated rings. The zero-order valence-electron chi connectivity index (χ0n) is 12.9. The van der Waals surface area contributed by atoms with Crippen LogP contribution in [0.4, 0.5) is 0 Å². The molecule has 18 heavy (non-hydrogen) atoms. The van der Waals surface area contributed by atoms with Gasteiger partial charge in [0.05, 0.1) is 5.69 Å². The predicted molar refractivity (Wildman–Crippen MR) is 78.2 cm³/mol. The van der Waals surface area contributed by atoms with Crippen LogP contribution in [0.5, 0.6) is 0 Å². The molecule has 0 radical (unpaired) electrons. The van der Waals surface area contributed by atoms with Gasteiger partial charge in [0.15, 0.2) is 0 Å². The highest BCUT2D eigenvalue weighted by atomic mass is 15.3. The van der Waals surface area contributed by atoms with Crippen LogP contribution in [0.15, 0.2) is 0 Å². The quantitative estimate of drug-likeness (QED) is 0.805. The molecule has 1 unspecified atom stereocenters. The molecule has 0 saturated carbocycles. The second-order valence-electron chi connectivity index (χ2n) is 5.63. The van der Waals surface area contributed by atoms with E-state index >= 15 is 0 Å². The van der Waals surface area contributed by atoms with Gasteiger partial charge in [-0.1, -0.05) is 34.1 Å². The third kappa shape index (κ3) is 3.84. The first kappa shape index (κ1) is 15.2. The van der Waals surface area contributed by atoms with Crippen molar-refractivity contribution in [2.75, 3.05) is 6.54 Å². The Kier molecular flexibility index (Phi) is 5.86. The Bertz CT molecular complexity index is 366. The van der Waals surface area contributed by atoms with E-state index in [0.717, 1.165) is 13.1 Å². The Morgan fingerprint density at radius 2 is 1.89 bits per heavy atom. The molecule has 1 rings (SSSR count). The molecule has 0 amide bonds. The lowest BCUT2D eigenvalue weighted by Crippen LogP contribution is -2.27. The standard InChI is InChI=1S/C15H29N3/c1-7-8-9-18-14(6)15(13(5)17-18)12(4)10-16-11(2)3/h11-12,16H,7-10H2,1-6H3. The number of unbranched alkanes of at least 4 members (excludes halogenated alkanes) is 1. The SMILES string of the molecule is CCCCn1nc(C)c(C(C)CNC(C)C)c1C. The molecule has 1 aromatic heterocycles. The number of rotatable bonds is 7. The van der Waals surface area contributed by atoms with Gasteiger partial charge in [0, 0.05) is 24.8 Å². The molecule has 1 atom stereocenters. The highest BCUT2D eigenvalue weighted by Crippen LogP contribution is 2.23. The van der Waals surface area contributed by atoms with Crippen LogP contribution in [0.1, 0.15) is 63.4 Å². The summed E-state index contributed by atoms with van der Waals surface area (Å²) in [6, 6.07) is 0.545. The van der Waals surface area contributed by atoms with Crippen LogP contribution in [0.2, 0.25) is 0 Å². The van der Waals surface area contributed by atoms with Crippen LogP contribution in [0.3, 0.4) is 0 Å². The van der Waals surface area contributed by atoms with Gasteiger partial charge in [-0.3, -0.25) is 4.68 Å². The Balaban J connectivity index is 2.78. The van der Waals surface area contributed by atoms with Gasteiger partial charge in [0.1, 0.15) is 0 Å². The molecule has 0 saturated heterocycles. The lowest BCUT2D eigenvalue weighted by atomic mass is 9.99. The second-order valence-corrected chi connectivity index (χ2v) is 5.63. The molecule has 0 spiro atoms. The fraction of sp³-hybridized carbons (Fsp3) is 0.800. The van der Waals surface area contributed by atoms with E-state index in [1.165, 1.54) is 29.8 Å². The van der Waals surface area contributed by atoms with Gasteiger partial charge in [-0.05, 0) is 31.7 Å². The van der Waals surface area contributed by atoms with Gasteiger partial charge in [-0.25, -0.2) is 0 Å². The van der Waals surface area contributed by atoms with Crippen molar-refractivity contribution in [3.05, 3.63) is 17.0 Å². The summed E-state index contributed by atoms with van der Waals surface area (Å²) in [5, 5.41) is 8.20. The molecule has 3 nitrogen and oxygen atoms in total. The van der Waals surface area contributed by atoms with Crippen LogP contribution >= 0.6 is 0 Å². The maximum absolute atomic E-state index is 4.68. The molecule has 0 aromatic carbocycles. The lowest BCUT2D eigenvalue weighted by Gasteiger charge is -2.16. The van der Waals surface area contributed by atoms with Crippen molar-refractivity contribution in [3.8, 4) is 0 Å². The molecular weight excluding hydrogens is 222 g/mol. The van der Waals surface area contributed by atoms with Crippen LogP contribution < -0.4 is 5.32 Å². The summed E-state index contributed by atoms with van der Waals surface area (Å²) in [5.74, 6) is 0.530. The van der Waals surface area contributed by atoms with E-state index in [0.29, 0.717) is 12.0 Å². The number of aryl methyl sites for hydroxylation is 2. The van der Waals surface area contributed by atoms with E-state index in [9.17, 15) is 0 Å². The average molecular weight is 251 g/mol. The highest BCUT2D eigenvalue weighted by Gasteiger charge is 2.17. The monoisotopic (exact) mass is 251 g/mol. The van der Waals surface area contributed by atoms with E-state index in [1.807, 2.05) is 0 Å². The maximum Gasteiger partial charge on any atom is 0.0631 e. The van der Waals surface area contributed by atoms with Gasteiger partial charge in [-0.2, -0.15) is 5.10 Å². The van der Waals surface area contributed by atoms with Crippen LogP contribution in [-0.4, -0.2) is 22.4 Å². The Morgan fingerprint density at radius 3 is 2.44 bits per heavy atom. The van der Waals surface area contributed by atoms with E-state index in [-0.39, 0.29) is 0 Å². The molecule has 0 aliphatic carbocycles. The van der Waals surface area contributed by atoms with E-state index in [1.54, 1.807) is 0 Å². The summed E-state index contributed by atoms with van der Waals surface area (Å²) in [7, 11) is 0. The molecule has 0 aliphatic rings. The Labute approximate surface area is 112 Å². The van der Waals surface area contributed by atoms with Crippen molar-refractivity contribution in [1.82, 2.24) is 15.1 Å². The predicted octanol–water partition coefficient (Wildman–Crippen LogP) is 3.40. The largest absolute Gasteiger partial charge is 0.314 e. The number of aromatic nitrogens is 2. The third-order valence-corrected chi connectivity index (χ3v) is 3.49. The molecule has 3 heteroatoms. The first-order chi connectivity index (χ1) is 8.47. The fourth-order valence-electron chi connectivity index (χ4n) is 2.46. The summed E-state index contributed by atoms with van der Waals surface area (Å²) < 4.78 is 2.18. The molecule has 0 bridgehead atoms. The fourth-order valence-corrected chi connectivity index (χ4v) is 2.46. The Morgan fingerprint density at radius 1 is 1.22 bits per heavy atom. The summed E-state index contributed by atoms with van der Waals surface area (Å²) in [4.78, 5) is 0. The van der Waals surface area contributed by atoms with Crippen molar-refractivity contribution < 1.29 is 0 Å². The van der Waals surface area contributed by atoms with E-state index in [4.69, 9.17) is 0 Å². The summed E-state index contributed by atoms with van der Waals surface area (Å²) >= 11 is 0. The molecule has 1 heterocycles. The number of nitrogens with one attached hydrogen (secondary N) is 1. The van der Waals surface area contributed by atoms with Gasteiger partial charge < -0.3 is 5.32 Å². The zero-order chi connectivity index (χ0) is 13.7. The van der Waals surface area contributed by atoms with Crippen molar-refractivity contribution >= 4 is 0 Å². The molecule has 1 N–H and O–H groups in total. The zero-order valence-corrected chi connectivity index (χ0v) is 12.9. The minimum atomic E-state index is 0.530. The topological polar surface area (TPSA) is 29.9 Å². The summed E-state index contributed by atoms with van der Waals surface area (Å²) in [6.45, 7) is 15.3. The third-order valence-electron chi connectivity index (χ3n) is 3.49. The minimum absolute atomic E-state index is 0.530. The van der Waals surface area contributed by atoms with Gasteiger partial charge in [0.25, 0.3) is 0 Å². The first-order valence-electron chi connectivity index (χ1n) is 7.24. The first-order valence-corrected chi connectivity index (χ1v) is 7.24. The van der Waals surface area contributed by atoms with Gasteiger partial charge >= 0.3 is 0 Å². The van der Waals surface area contributed by atoms with Crippen molar-refractivity contribution in [2.24, 2.45) is 0 Å². The number of hydrogen-bond donors (Lipinski definition) is 1. The van der Waals surface area contributed by atoms with E-state index < -0.39 is 0 Å². The summed E-state index contributed by atoms with van der Waals surface area (Å²) in [6.07, 6.45) is 2.43. The normalized spacial score (nSPS) is 13.3. The average Bonchev–Trinajstić information content (AvgIpc) is 2.59. The summed E-state index contributed by atoms with van der Waals surface area (Å²) in [5.41, 5.74) is 3.97. The molecular formula is C15H29N3. The lowest BCUT2D eigenvalue weighted by molar-refractivity contribution is 0.540. The van der Waals surface area contributed by atoms with Crippen molar-refractivity contribution in [1.29, 1.82) is 0 Å². The highest BCUT2D eigenvalue weighted by molar-refractivity contribution is 5.28. The molecule has 104 valence electrons. The van der Waals surface area contributed by atoms with Gasteiger partial charge in [-0.15, -0.1) is 0 Å². The number of hydrogen-bond acceptors (Lipinski definition) is 2. The van der Waals surface area contributed by atoms with Crippen molar-refractivity contribution in [2.45, 2.75) is 72.9 Å². The van der Waals surface area contributed by atoms with E-state index in [2.05, 4.69) is 56.6 Å².